The van der Waals surface area contributed by atoms with Gasteiger partial charge in [0.25, 0.3) is 0 Å². The molecular weight excluding hydrogens is 731 g/mol. The van der Waals surface area contributed by atoms with Gasteiger partial charge in [-0.25, -0.2) is 0 Å². The maximum atomic E-state index is 12.1. The minimum absolute atomic E-state index is 0.0147. The van der Waals surface area contributed by atoms with Gasteiger partial charge in [0.2, 0.25) is 11.8 Å². The number of halogens is 2. The molecule has 0 saturated carbocycles. The van der Waals surface area contributed by atoms with Gasteiger partial charge in [-0.2, -0.15) is 0 Å². The molecule has 0 aliphatic heterocycles. The van der Waals surface area contributed by atoms with Crippen molar-refractivity contribution < 1.29 is 38.9 Å². The van der Waals surface area contributed by atoms with Crippen molar-refractivity contribution in [1.29, 1.82) is 0 Å². The van der Waals surface area contributed by atoms with Gasteiger partial charge in [-0.15, -0.1) is 23.2 Å². The van der Waals surface area contributed by atoms with Crippen molar-refractivity contribution >= 4 is 47.0 Å². The lowest BCUT2D eigenvalue weighted by atomic mass is 10.0. The molecule has 0 bridgehead atoms. The molecule has 0 heterocycles. The van der Waals surface area contributed by atoms with E-state index in [2.05, 4.69) is 36.6 Å². The van der Waals surface area contributed by atoms with E-state index in [4.69, 9.17) is 32.7 Å². The van der Waals surface area contributed by atoms with E-state index >= 15 is 0 Å². The molecule has 0 aliphatic carbocycles. The number of carbonyl (C=O) groups excluding carboxylic acids is 4. The van der Waals surface area contributed by atoms with Crippen LogP contribution in [0.15, 0.2) is 24.3 Å². The first kappa shape index (κ1) is 51.9. The first-order chi connectivity index (χ1) is 26.2. The van der Waals surface area contributed by atoms with Crippen molar-refractivity contribution in [2.24, 2.45) is 0 Å². The van der Waals surface area contributed by atoms with Crippen LogP contribution in [-0.2, 0) is 28.7 Å². The molecule has 0 aliphatic rings. The number of unbranched alkanes of at least 4 members (excludes halogenated alkanes) is 14. The van der Waals surface area contributed by atoms with E-state index in [-0.39, 0.29) is 23.6 Å². The second kappa shape index (κ2) is 37.8. The number of aliphatic hydroxyl groups excluding tert-OH is 2. The predicted octanol–water partition coefficient (Wildman–Crippen LogP) is 8.76. The van der Waals surface area contributed by atoms with Crippen LogP contribution < -0.4 is 10.6 Å². The molecule has 0 aromatic rings. The summed E-state index contributed by atoms with van der Waals surface area (Å²) < 4.78 is 10.7. The lowest BCUT2D eigenvalue weighted by molar-refractivity contribution is -0.153. The summed E-state index contributed by atoms with van der Waals surface area (Å²) in [6.45, 7) is 5.08. The zero-order valence-electron chi connectivity index (χ0n) is 33.5. The standard InChI is InChI=1S/C42H74Cl2N2O8/c1-3-5-19-27-37(53-41(51)33-43)35(47)25-21-15-11-7-9-13-17-23-29-39(49)45-31-32-46-40(50)30-24-18-14-10-8-12-16-22-26-36(48)38(28-20-6-4-2)54-42(52)34-44/h15-16,21-22,35-38,47-48H,3-14,17-20,23-34H2,1-2H3,(H,45,49)(H,46,50). The van der Waals surface area contributed by atoms with Gasteiger partial charge in [-0.3, -0.25) is 19.2 Å². The topological polar surface area (TPSA) is 151 Å². The Morgan fingerprint density at radius 2 is 0.907 bits per heavy atom. The number of amides is 2. The fourth-order valence-electron chi connectivity index (χ4n) is 6.00. The molecule has 0 fully saturated rings. The molecular formula is C42H74Cl2N2O8. The van der Waals surface area contributed by atoms with Crippen molar-refractivity contribution in [3.05, 3.63) is 24.3 Å². The van der Waals surface area contributed by atoms with Gasteiger partial charge >= 0.3 is 11.9 Å². The van der Waals surface area contributed by atoms with Crippen molar-refractivity contribution in [3.63, 3.8) is 0 Å². The second-order valence-corrected chi connectivity index (χ2v) is 14.7. The Hall–Kier alpha value is -2.14. The van der Waals surface area contributed by atoms with Crippen molar-refractivity contribution in [3.8, 4) is 0 Å². The summed E-state index contributed by atoms with van der Waals surface area (Å²) in [4.78, 5) is 47.4. The van der Waals surface area contributed by atoms with E-state index < -0.39 is 36.4 Å². The normalized spacial score (nSPS) is 13.8. The summed E-state index contributed by atoms with van der Waals surface area (Å²) in [5, 5.41) is 26.7. The number of hydrogen-bond acceptors (Lipinski definition) is 8. The van der Waals surface area contributed by atoms with E-state index in [0.29, 0.717) is 51.6 Å². The van der Waals surface area contributed by atoms with Gasteiger partial charge in [0.15, 0.2) is 0 Å². The lowest BCUT2D eigenvalue weighted by Crippen LogP contribution is -2.34. The number of alkyl halides is 2. The molecule has 314 valence electrons. The quantitative estimate of drug-likeness (QED) is 0.0211. The fourth-order valence-corrected chi connectivity index (χ4v) is 6.12. The van der Waals surface area contributed by atoms with Gasteiger partial charge in [0.05, 0.1) is 12.2 Å². The SMILES string of the molecule is CCCCCC(OC(=O)CCl)C(O)CC=CCCCCCCCC(=O)NCCNC(=O)CCCCCCCC=CCC(O)C(CCCCC)OC(=O)CCl. The third-order valence-corrected chi connectivity index (χ3v) is 9.67. The third-order valence-electron chi connectivity index (χ3n) is 9.23. The zero-order chi connectivity index (χ0) is 40.1. The number of nitrogens with one attached hydrogen (secondary N) is 2. The monoisotopic (exact) mass is 804 g/mol. The van der Waals surface area contributed by atoms with Gasteiger partial charge in [0.1, 0.15) is 24.0 Å². The van der Waals surface area contributed by atoms with Crippen LogP contribution in [0.25, 0.3) is 0 Å². The largest absolute Gasteiger partial charge is 0.459 e. The summed E-state index contributed by atoms with van der Waals surface area (Å²) in [7, 11) is 0. The van der Waals surface area contributed by atoms with Crippen molar-refractivity contribution in [2.75, 3.05) is 24.8 Å². The Labute approximate surface area is 336 Å². The Kier molecular flexibility index (Phi) is 36.3. The van der Waals surface area contributed by atoms with Crippen LogP contribution in [0.2, 0.25) is 0 Å². The number of allylic oxidation sites excluding steroid dienone is 2. The van der Waals surface area contributed by atoms with E-state index in [1.807, 2.05) is 12.2 Å². The number of ether oxygens (including phenoxy) is 2. The zero-order valence-corrected chi connectivity index (χ0v) is 35.0. The Balaban J connectivity index is 3.79. The molecule has 0 aromatic heterocycles. The van der Waals surface area contributed by atoms with Crippen LogP contribution in [0.3, 0.4) is 0 Å². The molecule has 0 saturated heterocycles. The maximum absolute atomic E-state index is 12.1. The van der Waals surface area contributed by atoms with Gasteiger partial charge < -0.3 is 30.3 Å². The van der Waals surface area contributed by atoms with Gasteiger partial charge in [-0.05, 0) is 77.0 Å². The molecule has 12 heteroatoms. The Morgan fingerprint density at radius 3 is 1.28 bits per heavy atom. The number of aliphatic hydroxyl groups is 2. The first-order valence-electron chi connectivity index (χ1n) is 20.9. The highest BCUT2D eigenvalue weighted by molar-refractivity contribution is 6.26. The second-order valence-electron chi connectivity index (χ2n) is 14.2. The highest BCUT2D eigenvalue weighted by atomic mass is 35.5. The molecule has 4 unspecified atom stereocenters. The number of rotatable bonds is 37. The van der Waals surface area contributed by atoms with E-state index in [0.717, 1.165) is 116 Å². The molecule has 54 heavy (non-hydrogen) atoms. The molecule has 10 nitrogen and oxygen atoms in total. The summed E-state index contributed by atoms with van der Waals surface area (Å²) in [6.07, 6.45) is 26.6. The molecule has 0 radical (unpaired) electrons. The van der Waals surface area contributed by atoms with Crippen LogP contribution >= 0.6 is 23.2 Å². The molecule has 0 aromatic carbocycles. The Bertz CT molecular complexity index is 935. The number of esters is 2. The minimum Gasteiger partial charge on any atom is -0.459 e. The predicted molar refractivity (Wildman–Crippen MR) is 220 cm³/mol. The molecule has 0 spiro atoms. The van der Waals surface area contributed by atoms with Crippen LogP contribution in [0.1, 0.15) is 168 Å². The molecule has 4 atom stereocenters. The summed E-state index contributed by atoms with van der Waals surface area (Å²) in [5.74, 6) is -1.38. The van der Waals surface area contributed by atoms with Crippen LogP contribution in [0.4, 0.5) is 0 Å². The summed E-state index contributed by atoms with van der Waals surface area (Å²) in [5.41, 5.74) is 0. The fraction of sp³-hybridized carbons (Fsp3) is 0.810. The number of carbonyl (C=O) groups is 4. The molecule has 4 N–H and O–H groups in total. The van der Waals surface area contributed by atoms with Crippen molar-refractivity contribution in [2.45, 2.75) is 192 Å². The smallest absolute Gasteiger partial charge is 0.321 e. The highest BCUT2D eigenvalue weighted by Crippen LogP contribution is 2.17. The average molecular weight is 806 g/mol. The lowest BCUT2D eigenvalue weighted by Gasteiger charge is -2.22. The molecule has 2 amide bonds. The van der Waals surface area contributed by atoms with E-state index in [1.165, 1.54) is 0 Å². The molecule has 0 rings (SSSR count). The van der Waals surface area contributed by atoms with Crippen LogP contribution in [0, 0.1) is 0 Å². The van der Waals surface area contributed by atoms with Gasteiger partial charge in [0, 0.05) is 25.9 Å². The average Bonchev–Trinajstić information content (AvgIpc) is 3.16. The van der Waals surface area contributed by atoms with Crippen LogP contribution in [0.5, 0.6) is 0 Å². The third kappa shape index (κ3) is 32.1. The van der Waals surface area contributed by atoms with E-state index in [9.17, 15) is 29.4 Å². The summed E-state index contributed by atoms with van der Waals surface area (Å²) >= 11 is 11.1. The van der Waals surface area contributed by atoms with E-state index in [1.54, 1.807) is 0 Å². The van der Waals surface area contributed by atoms with Crippen molar-refractivity contribution in [1.82, 2.24) is 10.6 Å². The Morgan fingerprint density at radius 1 is 0.537 bits per heavy atom. The highest BCUT2D eigenvalue weighted by Gasteiger charge is 2.23. The number of hydrogen-bond donors (Lipinski definition) is 4. The van der Waals surface area contributed by atoms with Gasteiger partial charge in [-0.1, -0.05) is 102 Å². The summed E-state index contributed by atoms with van der Waals surface area (Å²) in [6, 6.07) is 0. The first-order valence-corrected chi connectivity index (χ1v) is 22.0. The van der Waals surface area contributed by atoms with Crippen LogP contribution in [-0.4, -0.2) is 83.2 Å². The maximum Gasteiger partial charge on any atom is 0.321 e. The minimum atomic E-state index is -0.729.